The quantitative estimate of drug-likeness (QED) is 0.186. The van der Waals surface area contributed by atoms with E-state index in [0.717, 1.165) is 39.2 Å². The lowest BCUT2D eigenvalue weighted by Gasteiger charge is -2.39. The molecular formula is C48H29N3S. The summed E-state index contributed by atoms with van der Waals surface area (Å²) in [5.74, 6) is 0.694. The molecule has 2 aliphatic rings. The second kappa shape index (κ2) is 12.1. The number of benzene rings is 7. The molecule has 1 aromatic heterocycles. The Morgan fingerprint density at radius 3 is 1.69 bits per heavy atom. The van der Waals surface area contributed by atoms with Gasteiger partial charge in [0.15, 0.2) is 5.82 Å². The first-order valence-corrected chi connectivity index (χ1v) is 18.2. The summed E-state index contributed by atoms with van der Waals surface area (Å²) < 4.78 is 0. The largest absolute Gasteiger partial charge is 0.228 e. The molecule has 3 nitrogen and oxygen atoms in total. The van der Waals surface area contributed by atoms with Crippen molar-refractivity contribution in [2.45, 2.75) is 15.2 Å². The van der Waals surface area contributed by atoms with Gasteiger partial charge in [-0.25, -0.2) is 9.97 Å². The van der Waals surface area contributed by atoms with Gasteiger partial charge in [0.25, 0.3) is 0 Å². The summed E-state index contributed by atoms with van der Waals surface area (Å²) in [6, 6.07) is 64.3. The third-order valence-corrected chi connectivity index (χ3v) is 11.6. The minimum absolute atomic E-state index is 0.514. The Bertz CT molecular complexity index is 2610. The van der Waals surface area contributed by atoms with E-state index in [1.165, 1.54) is 43.2 Å². The maximum Gasteiger partial charge on any atom is 0.160 e. The number of rotatable bonds is 4. The first kappa shape index (κ1) is 30.3. The molecule has 1 spiro atoms. The van der Waals surface area contributed by atoms with E-state index in [-0.39, 0.29) is 0 Å². The van der Waals surface area contributed by atoms with Crippen LogP contribution in [0, 0.1) is 11.3 Å². The maximum absolute atomic E-state index is 9.60. The molecule has 2 heterocycles. The van der Waals surface area contributed by atoms with E-state index < -0.39 is 5.41 Å². The fraction of sp³-hybridized carbons (Fsp3) is 0.0208. The van der Waals surface area contributed by atoms with E-state index in [4.69, 9.17) is 9.97 Å². The van der Waals surface area contributed by atoms with Gasteiger partial charge in [0.2, 0.25) is 0 Å². The monoisotopic (exact) mass is 679 g/mol. The van der Waals surface area contributed by atoms with E-state index in [1.54, 1.807) is 0 Å². The number of aromatic nitrogens is 2. The molecule has 0 fully saturated rings. The molecule has 52 heavy (non-hydrogen) atoms. The number of hydrogen-bond acceptors (Lipinski definition) is 4. The molecule has 1 aliphatic heterocycles. The average molecular weight is 680 g/mol. The number of nitrogens with zero attached hydrogens (tertiary/aromatic N) is 3. The predicted molar refractivity (Wildman–Crippen MR) is 210 cm³/mol. The fourth-order valence-corrected chi connectivity index (χ4v) is 9.34. The Balaban J connectivity index is 1.27. The highest BCUT2D eigenvalue weighted by molar-refractivity contribution is 7.99. The van der Waals surface area contributed by atoms with Crippen LogP contribution < -0.4 is 0 Å². The van der Waals surface area contributed by atoms with Crippen molar-refractivity contribution in [2.24, 2.45) is 0 Å². The molecule has 0 saturated heterocycles. The lowest BCUT2D eigenvalue weighted by molar-refractivity contribution is 0.722. The highest BCUT2D eigenvalue weighted by atomic mass is 32.2. The normalized spacial score (nSPS) is 13.1. The van der Waals surface area contributed by atoms with Crippen LogP contribution in [0.2, 0.25) is 0 Å². The van der Waals surface area contributed by atoms with Gasteiger partial charge in [0.1, 0.15) is 0 Å². The van der Waals surface area contributed by atoms with Crippen LogP contribution in [0.4, 0.5) is 0 Å². The van der Waals surface area contributed by atoms with E-state index in [1.807, 2.05) is 60.3 Å². The lowest BCUT2D eigenvalue weighted by Crippen LogP contribution is -2.31. The van der Waals surface area contributed by atoms with Crippen LogP contribution in [0.1, 0.15) is 27.8 Å². The molecule has 0 atom stereocenters. The van der Waals surface area contributed by atoms with Crippen LogP contribution in [0.15, 0.2) is 186 Å². The molecule has 7 aromatic carbocycles. The molecule has 0 radical (unpaired) electrons. The van der Waals surface area contributed by atoms with Crippen molar-refractivity contribution in [3.63, 3.8) is 0 Å². The van der Waals surface area contributed by atoms with Gasteiger partial charge in [0, 0.05) is 26.5 Å². The fourth-order valence-electron chi connectivity index (χ4n) is 8.15. The van der Waals surface area contributed by atoms with Crippen molar-refractivity contribution in [2.75, 3.05) is 0 Å². The minimum Gasteiger partial charge on any atom is -0.228 e. The third kappa shape index (κ3) is 4.60. The Hall–Kier alpha value is -6.54. The van der Waals surface area contributed by atoms with Gasteiger partial charge in [-0.1, -0.05) is 151 Å². The van der Waals surface area contributed by atoms with Crippen molar-refractivity contribution in [1.82, 2.24) is 9.97 Å². The molecule has 242 valence electrons. The Kier molecular flexibility index (Phi) is 7.02. The van der Waals surface area contributed by atoms with Crippen LogP contribution in [-0.4, -0.2) is 9.97 Å². The summed E-state index contributed by atoms with van der Waals surface area (Å²) in [6.45, 7) is 0. The summed E-state index contributed by atoms with van der Waals surface area (Å²) in [5.41, 5.74) is 14.7. The minimum atomic E-state index is -0.514. The van der Waals surface area contributed by atoms with Crippen LogP contribution in [0.25, 0.3) is 56.2 Å². The van der Waals surface area contributed by atoms with Crippen LogP contribution in [0.3, 0.4) is 0 Å². The highest BCUT2D eigenvalue weighted by Crippen LogP contribution is 2.63. The zero-order valence-corrected chi connectivity index (χ0v) is 28.8. The van der Waals surface area contributed by atoms with E-state index >= 15 is 0 Å². The van der Waals surface area contributed by atoms with Crippen LogP contribution in [0.5, 0.6) is 0 Å². The van der Waals surface area contributed by atoms with Gasteiger partial charge in [-0.2, -0.15) is 5.26 Å². The predicted octanol–water partition coefficient (Wildman–Crippen LogP) is 11.8. The third-order valence-electron chi connectivity index (χ3n) is 10.4. The van der Waals surface area contributed by atoms with Crippen LogP contribution in [-0.2, 0) is 5.41 Å². The molecule has 1 aliphatic carbocycles. The van der Waals surface area contributed by atoms with Crippen molar-refractivity contribution in [3.05, 3.63) is 204 Å². The first-order valence-electron chi connectivity index (χ1n) is 17.4. The summed E-state index contributed by atoms with van der Waals surface area (Å²) in [5, 5.41) is 9.60. The van der Waals surface area contributed by atoms with Gasteiger partial charge < -0.3 is 0 Å². The van der Waals surface area contributed by atoms with Gasteiger partial charge in [-0.15, -0.1) is 0 Å². The molecule has 10 rings (SSSR count). The van der Waals surface area contributed by atoms with Gasteiger partial charge >= 0.3 is 0 Å². The number of nitriles is 1. The first-order chi connectivity index (χ1) is 25.7. The number of fused-ring (bicyclic) bond motifs is 9. The smallest absolute Gasteiger partial charge is 0.160 e. The summed E-state index contributed by atoms with van der Waals surface area (Å²) in [4.78, 5) is 12.8. The van der Waals surface area contributed by atoms with Crippen LogP contribution >= 0.6 is 11.8 Å². The van der Waals surface area contributed by atoms with E-state index in [9.17, 15) is 5.26 Å². The van der Waals surface area contributed by atoms with Gasteiger partial charge in [-0.3, -0.25) is 0 Å². The highest BCUT2D eigenvalue weighted by Gasteiger charge is 2.50. The van der Waals surface area contributed by atoms with Crippen molar-refractivity contribution >= 4 is 11.8 Å². The van der Waals surface area contributed by atoms with E-state index in [2.05, 4.69) is 133 Å². The Labute approximate surface area is 307 Å². The number of hydrogen-bond donors (Lipinski definition) is 0. The second-order valence-corrected chi connectivity index (χ2v) is 14.3. The van der Waals surface area contributed by atoms with Gasteiger partial charge in [-0.05, 0) is 80.9 Å². The van der Waals surface area contributed by atoms with Gasteiger partial charge in [0.05, 0.1) is 28.4 Å². The molecule has 0 amide bonds. The molecule has 0 unspecified atom stereocenters. The maximum atomic E-state index is 9.60. The molecule has 0 bridgehead atoms. The lowest BCUT2D eigenvalue weighted by atomic mass is 9.67. The standard InChI is InChI=1S/C48H29N3S/c49-30-31-22-24-32(25-23-31)36-16-11-19-41-46(36)37-28-35(43-29-42(33-12-3-1-4-13-33)50-47(51-43)34-14-5-2-6-15-34)26-27-38(37)48(41)39-17-7-9-20-44(39)52-45-21-10-8-18-40(45)48/h1-29H. The molecule has 0 N–H and O–H groups in total. The zero-order valence-electron chi connectivity index (χ0n) is 28.0. The molecule has 0 saturated carbocycles. The summed E-state index contributed by atoms with van der Waals surface area (Å²) in [6.07, 6.45) is 0. The topological polar surface area (TPSA) is 49.6 Å². The molecule has 8 aromatic rings. The average Bonchev–Trinajstić information content (AvgIpc) is 3.51. The Morgan fingerprint density at radius 2 is 1.02 bits per heavy atom. The van der Waals surface area contributed by atoms with Crippen molar-refractivity contribution in [3.8, 4) is 62.2 Å². The zero-order chi connectivity index (χ0) is 34.6. The SMILES string of the molecule is N#Cc1ccc(-c2cccc3c2-c2cc(-c4cc(-c5ccccc5)nc(-c5ccccc5)n4)ccc2C32c3ccccc3Sc3ccccc32)cc1. The van der Waals surface area contributed by atoms with Crippen molar-refractivity contribution in [1.29, 1.82) is 5.26 Å². The van der Waals surface area contributed by atoms with Crippen molar-refractivity contribution < 1.29 is 0 Å². The molecule has 4 heteroatoms. The Morgan fingerprint density at radius 1 is 0.442 bits per heavy atom. The summed E-state index contributed by atoms with van der Waals surface area (Å²) >= 11 is 1.85. The van der Waals surface area contributed by atoms with E-state index in [0.29, 0.717) is 11.4 Å². The molecular weight excluding hydrogens is 651 g/mol. The summed E-state index contributed by atoms with van der Waals surface area (Å²) in [7, 11) is 0. The second-order valence-electron chi connectivity index (χ2n) is 13.2.